The molecule has 1 heterocycles. The van der Waals surface area contributed by atoms with Crippen molar-refractivity contribution in [3.63, 3.8) is 0 Å². The second kappa shape index (κ2) is 9.26. The normalized spacial score (nSPS) is 13.9. The number of rotatable bonds is 7. The summed E-state index contributed by atoms with van der Waals surface area (Å²) in [5.41, 5.74) is 3.65. The zero-order chi connectivity index (χ0) is 20.9. The van der Waals surface area contributed by atoms with E-state index in [-0.39, 0.29) is 5.91 Å². The van der Waals surface area contributed by atoms with Crippen LogP contribution in [0, 0.1) is 0 Å². The lowest BCUT2D eigenvalue weighted by Gasteiger charge is -2.20. The molecule has 0 saturated heterocycles. The van der Waals surface area contributed by atoms with Crippen molar-refractivity contribution >= 4 is 22.4 Å². The van der Waals surface area contributed by atoms with E-state index in [1.165, 1.54) is 35.3 Å². The average Bonchev–Trinajstić information content (AvgIpc) is 3.25. The summed E-state index contributed by atoms with van der Waals surface area (Å²) in [6, 6.07) is 13.7. The molecule has 0 radical (unpaired) electrons. The van der Waals surface area contributed by atoms with Crippen molar-refractivity contribution < 1.29 is 14.3 Å². The van der Waals surface area contributed by atoms with Crippen molar-refractivity contribution in [3.05, 3.63) is 53.6 Å². The fourth-order valence-electron chi connectivity index (χ4n) is 3.58. The number of ether oxygens (including phenoxy) is 2. The van der Waals surface area contributed by atoms with E-state index in [2.05, 4.69) is 27.6 Å². The number of anilines is 1. The largest absolute Gasteiger partial charge is 0.497 e. The number of amides is 1. The van der Waals surface area contributed by atoms with Gasteiger partial charge in [0.25, 0.3) is 5.91 Å². The summed E-state index contributed by atoms with van der Waals surface area (Å²) < 4.78 is 11.2. The van der Waals surface area contributed by atoms with Crippen molar-refractivity contribution in [1.29, 1.82) is 0 Å². The van der Waals surface area contributed by atoms with Crippen LogP contribution in [0.25, 0.3) is 10.6 Å². The van der Waals surface area contributed by atoms with Crippen molar-refractivity contribution in [1.82, 2.24) is 10.2 Å². The van der Waals surface area contributed by atoms with Crippen LogP contribution in [0.3, 0.4) is 0 Å². The molecule has 0 bridgehead atoms. The van der Waals surface area contributed by atoms with Crippen LogP contribution in [0.1, 0.15) is 37.3 Å². The zero-order valence-electron chi connectivity index (χ0n) is 17.2. The maximum Gasteiger partial charge on any atom is 0.267 e. The van der Waals surface area contributed by atoms with Gasteiger partial charge in [-0.1, -0.05) is 24.3 Å². The third kappa shape index (κ3) is 4.62. The van der Waals surface area contributed by atoms with Gasteiger partial charge in [-0.15, -0.1) is 10.2 Å². The molecule has 3 aromatic rings. The molecule has 1 aliphatic carbocycles. The fraction of sp³-hybridized carbons (Fsp3) is 0.348. The van der Waals surface area contributed by atoms with Crippen LogP contribution in [0.2, 0.25) is 0 Å². The zero-order valence-corrected chi connectivity index (χ0v) is 18.0. The minimum Gasteiger partial charge on any atom is -0.497 e. The molecule has 1 aromatic heterocycles. The van der Waals surface area contributed by atoms with Gasteiger partial charge in [-0.3, -0.25) is 10.1 Å². The van der Waals surface area contributed by atoms with Crippen LogP contribution in [0.4, 0.5) is 5.13 Å². The second-order valence-corrected chi connectivity index (χ2v) is 8.26. The standard InChI is InChI=1S/C23H25N3O3S/c1-3-20(29-19-13-8-15-6-4-5-7-17(15)14-19)21(27)24-23-26-25-22(30-23)16-9-11-18(28-2)12-10-16/h8-14,20H,3-7H2,1-2H3,(H,24,26,27). The molecule has 0 aliphatic heterocycles. The number of hydrogen-bond acceptors (Lipinski definition) is 6. The minimum absolute atomic E-state index is 0.215. The quantitative estimate of drug-likeness (QED) is 0.586. The second-order valence-electron chi connectivity index (χ2n) is 7.28. The molecule has 7 heteroatoms. The van der Waals surface area contributed by atoms with E-state index in [4.69, 9.17) is 9.47 Å². The molecule has 0 saturated carbocycles. The molecule has 1 unspecified atom stereocenters. The Morgan fingerprint density at radius 1 is 1.07 bits per heavy atom. The predicted molar refractivity (Wildman–Crippen MR) is 118 cm³/mol. The van der Waals surface area contributed by atoms with E-state index in [0.717, 1.165) is 34.9 Å². The average molecular weight is 424 g/mol. The highest BCUT2D eigenvalue weighted by Gasteiger charge is 2.21. The Morgan fingerprint density at radius 3 is 2.53 bits per heavy atom. The Balaban J connectivity index is 1.41. The summed E-state index contributed by atoms with van der Waals surface area (Å²) in [4.78, 5) is 12.8. The monoisotopic (exact) mass is 423 g/mol. The number of fused-ring (bicyclic) bond motifs is 1. The molecule has 0 spiro atoms. The van der Waals surface area contributed by atoms with Gasteiger partial charge in [0, 0.05) is 5.56 Å². The van der Waals surface area contributed by atoms with Crippen LogP contribution in [0.15, 0.2) is 42.5 Å². The van der Waals surface area contributed by atoms with Gasteiger partial charge < -0.3 is 9.47 Å². The molecule has 2 aromatic carbocycles. The third-order valence-corrected chi connectivity index (χ3v) is 6.14. The molecular weight excluding hydrogens is 398 g/mol. The third-order valence-electron chi connectivity index (χ3n) is 5.25. The van der Waals surface area contributed by atoms with Gasteiger partial charge in [0.05, 0.1) is 7.11 Å². The minimum atomic E-state index is -0.583. The van der Waals surface area contributed by atoms with Gasteiger partial charge in [0.2, 0.25) is 5.13 Å². The van der Waals surface area contributed by atoms with Gasteiger partial charge in [0.15, 0.2) is 6.10 Å². The first-order valence-electron chi connectivity index (χ1n) is 10.2. The Hall–Kier alpha value is -2.93. The van der Waals surface area contributed by atoms with E-state index in [0.29, 0.717) is 11.6 Å². The number of benzene rings is 2. The molecule has 1 N–H and O–H groups in total. The van der Waals surface area contributed by atoms with E-state index in [1.54, 1.807) is 7.11 Å². The van der Waals surface area contributed by atoms with Crippen molar-refractivity contribution in [2.24, 2.45) is 0 Å². The summed E-state index contributed by atoms with van der Waals surface area (Å²) in [5.74, 6) is 1.31. The number of nitrogens with one attached hydrogen (secondary N) is 1. The summed E-state index contributed by atoms with van der Waals surface area (Å²) in [5, 5.41) is 12.3. The molecule has 1 atom stereocenters. The Labute approximate surface area is 180 Å². The van der Waals surface area contributed by atoms with Gasteiger partial charge in [0.1, 0.15) is 16.5 Å². The van der Waals surface area contributed by atoms with Crippen LogP contribution >= 0.6 is 11.3 Å². The van der Waals surface area contributed by atoms with Crippen LogP contribution in [-0.2, 0) is 17.6 Å². The Bertz CT molecular complexity index is 1020. The maximum absolute atomic E-state index is 12.8. The lowest BCUT2D eigenvalue weighted by Crippen LogP contribution is -2.32. The Kier molecular flexibility index (Phi) is 6.28. The maximum atomic E-state index is 12.8. The van der Waals surface area contributed by atoms with Gasteiger partial charge in [-0.2, -0.15) is 0 Å². The molecule has 6 nitrogen and oxygen atoms in total. The van der Waals surface area contributed by atoms with E-state index in [1.807, 2.05) is 37.3 Å². The predicted octanol–water partition coefficient (Wildman–Crippen LogP) is 4.89. The van der Waals surface area contributed by atoms with Crippen molar-refractivity contribution in [2.75, 3.05) is 12.4 Å². The van der Waals surface area contributed by atoms with Gasteiger partial charge >= 0.3 is 0 Å². The van der Waals surface area contributed by atoms with Crippen LogP contribution < -0.4 is 14.8 Å². The highest BCUT2D eigenvalue weighted by Crippen LogP contribution is 2.29. The first-order valence-corrected chi connectivity index (χ1v) is 11.0. The van der Waals surface area contributed by atoms with E-state index in [9.17, 15) is 4.79 Å². The fourth-order valence-corrected chi connectivity index (χ4v) is 4.33. The topological polar surface area (TPSA) is 73.3 Å². The molecular formula is C23H25N3O3S. The summed E-state index contributed by atoms with van der Waals surface area (Å²) in [6.45, 7) is 1.94. The number of aromatic nitrogens is 2. The summed E-state index contributed by atoms with van der Waals surface area (Å²) in [7, 11) is 1.63. The first-order chi connectivity index (χ1) is 14.7. The van der Waals surface area contributed by atoms with Crippen molar-refractivity contribution in [3.8, 4) is 22.1 Å². The molecule has 1 aliphatic rings. The van der Waals surface area contributed by atoms with E-state index >= 15 is 0 Å². The molecule has 156 valence electrons. The highest BCUT2D eigenvalue weighted by atomic mass is 32.1. The lowest BCUT2D eigenvalue weighted by molar-refractivity contribution is -0.122. The van der Waals surface area contributed by atoms with Gasteiger partial charge in [-0.25, -0.2) is 0 Å². The number of carbonyl (C=O) groups excluding carboxylic acids is 1. The number of aryl methyl sites for hydroxylation is 2. The highest BCUT2D eigenvalue weighted by molar-refractivity contribution is 7.18. The Morgan fingerprint density at radius 2 is 1.80 bits per heavy atom. The number of carbonyl (C=O) groups is 1. The molecule has 0 fully saturated rings. The number of methoxy groups -OCH3 is 1. The first kappa shape index (κ1) is 20.3. The van der Waals surface area contributed by atoms with Gasteiger partial charge in [-0.05, 0) is 79.6 Å². The molecule has 30 heavy (non-hydrogen) atoms. The van der Waals surface area contributed by atoms with Crippen LogP contribution in [0.5, 0.6) is 11.5 Å². The smallest absolute Gasteiger partial charge is 0.267 e. The number of nitrogens with zero attached hydrogens (tertiary/aromatic N) is 2. The van der Waals surface area contributed by atoms with Crippen LogP contribution in [-0.4, -0.2) is 29.3 Å². The SMILES string of the molecule is CCC(Oc1ccc2c(c1)CCCC2)C(=O)Nc1nnc(-c2ccc(OC)cc2)s1. The van der Waals surface area contributed by atoms with E-state index < -0.39 is 6.10 Å². The van der Waals surface area contributed by atoms with Crippen molar-refractivity contribution in [2.45, 2.75) is 45.1 Å². The lowest BCUT2D eigenvalue weighted by atomic mass is 9.92. The number of hydrogen-bond donors (Lipinski definition) is 1. The summed E-state index contributed by atoms with van der Waals surface area (Å²) >= 11 is 1.33. The summed E-state index contributed by atoms with van der Waals surface area (Å²) in [6.07, 6.45) is 4.64. The molecule has 1 amide bonds. The molecule has 4 rings (SSSR count).